The Morgan fingerprint density at radius 2 is 1.91 bits per heavy atom. The van der Waals surface area contributed by atoms with E-state index >= 15 is 0 Å². The summed E-state index contributed by atoms with van der Waals surface area (Å²) in [6.07, 6.45) is 0. The van der Waals surface area contributed by atoms with Gasteiger partial charge in [-0.1, -0.05) is 24.3 Å². The monoisotopic (exact) mass is 323 g/mol. The molecule has 1 aromatic heterocycles. The molecule has 0 radical (unpaired) electrons. The Bertz CT molecular complexity index is 901. The third-order valence-corrected chi connectivity index (χ3v) is 4.91. The number of anilines is 1. The van der Waals surface area contributed by atoms with E-state index in [9.17, 15) is 9.90 Å². The van der Waals surface area contributed by atoms with Gasteiger partial charge < -0.3 is 15.2 Å². The summed E-state index contributed by atoms with van der Waals surface area (Å²) in [6.45, 7) is 0.465. The largest absolute Gasteiger partial charge is 0.506 e. The number of phenolic OH excluding ortho intramolecular Hbond substituents is 1. The van der Waals surface area contributed by atoms with Crippen molar-refractivity contribution in [3.05, 3.63) is 65.0 Å². The second-order valence-corrected chi connectivity index (χ2v) is 6.27. The summed E-state index contributed by atoms with van der Waals surface area (Å²) in [5, 5.41) is 12.5. The highest BCUT2D eigenvalue weighted by atomic mass is 32.1. The predicted molar refractivity (Wildman–Crippen MR) is 90.1 cm³/mol. The SMILES string of the molecule is O=C(Nc1ccccc1O)c1cc2c(s1)-c1ccccc1OC2. The van der Waals surface area contributed by atoms with Crippen LogP contribution in [0.2, 0.25) is 0 Å². The summed E-state index contributed by atoms with van der Waals surface area (Å²) in [4.78, 5) is 14.1. The molecule has 5 heteroatoms. The van der Waals surface area contributed by atoms with Crippen molar-refractivity contribution in [2.45, 2.75) is 6.61 Å². The van der Waals surface area contributed by atoms with Crippen molar-refractivity contribution in [2.24, 2.45) is 0 Å². The van der Waals surface area contributed by atoms with Crippen molar-refractivity contribution in [2.75, 3.05) is 5.32 Å². The van der Waals surface area contributed by atoms with Crippen LogP contribution in [0.15, 0.2) is 54.6 Å². The zero-order valence-corrected chi connectivity index (χ0v) is 12.9. The molecule has 4 rings (SSSR count). The molecule has 1 aliphatic heterocycles. The maximum atomic E-state index is 12.4. The molecule has 23 heavy (non-hydrogen) atoms. The first-order valence-electron chi connectivity index (χ1n) is 7.16. The molecule has 2 aromatic carbocycles. The van der Waals surface area contributed by atoms with Crippen LogP contribution in [-0.2, 0) is 6.61 Å². The number of aromatic hydroxyl groups is 1. The Morgan fingerprint density at radius 3 is 2.78 bits per heavy atom. The van der Waals surface area contributed by atoms with Crippen LogP contribution in [-0.4, -0.2) is 11.0 Å². The van der Waals surface area contributed by atoms with Crippen molar-refractivity contribution < 1.29 is 14.6 Å². The number of thiophene rings is 1. The fourth-order valence-corrected chi connectivity index (χ4v) is 3.67. The minimum Gasteiger partial charge on any atom is -0.506 e. The van der Waals surface area contributed by atoms with Gasteiger partial charge in [-0.15, -0.1) is 11.3 Å². The Kier molecular flexibility index (Phi) is 3.28. The first kappa shape index (κ1) is 13.8. The standard InChI is InChI=1S/C18H13NO3S/c20-14-7-3-2-6-13(14)19-18(21)16-9-11-10-22-15-8-4-1-5-12(15)17(11)23-16/h1-9,20H,10H2,(H,19,21). The molecule has 3 aromatic rings. The molecule has 2 N–H and O–H groups in total. The fraction of sp³-hybridized carbons (Fsp3) is 0.0556. The van der Waals surface area contributed by atoms with Gasteiger partial charge in [0.15, 0.2) is 0 Å². The van der Waals surface area contributed by atoms with Crippen LogP contribution in [0.3, 0.4) is 0 Å². The third kappa shape index (κ3) is 2.45. The number of nitrogens with one attached hydrogen (secondary N) is 1. The number of ether oxygens (including phenoxy) is 1. The highest BCUT2D eigenvalue weighted by molar-refractivity contribution is 7.17. The average Bonchev–Trinajstić information content (AvgIpc) is 3.02. The van der Waals surface area contributed by atoms with E-state index in [2.05, 4.69) is 5.32 Å². The first-order chi connectivity index (χ1) is 11.2. The summed E-state index contributed by atoms with van der Waals surface area (Å²) in [6, 6.07) is 16.3. The molecular formula is C18H13NO3S. The number of para-hydroxylation sites is 3. The summed E-state index contributed by atoms with van der Waals surface area (Å²) in [5.74, 6) is 0.661. The molecule has 2 heterocycles. The highest BCUT2D eigenvalue weighted by Crippen LogP contribution is 2.42. The Morgan fingerprint density at radius 1 is 1.13 bits per heavy atom. The van der Waals surface area contributed by atoms with Gasteiger partial charge in [0.25, 0.3) is 5.91 Å². The number of phenols is 1. The first-order valence-corrected chi connectivity index (χ1v) is 7.98. The maximum Gasteiger partial charge on any atom is 0.265 e. The van der Waals surface area contributed by atoms with Gasteiger partial charge in [-0.2, -0.15) is 0 Å². The van der Waals surface area contributed by atoms with Gasteiger partial charge in [0.05, 0.1) is 10.6 Å². The van der Waals surface area contributed by atoms with E-state index in [1.807, 2.05) is 30.3 Å². The van der Waals surface area contributed by atoms with Crippen LogP contribution in [0.4, 0.5) is 5.69 Å². The molecule has 0 unspecified atom stereocenters. The van der Waals surface area contributed by atoms with Gasteiger partial charge in [0.2, 0.25) is 0 Å². The van der Waals surface area contributed by atoms with Crippen LogP contribution in [0, 0.1) is 0 Å². The molecule has 0 spiro atoms. The van der Waals surface area contributed by atoms with E-state index < -0.39 is 0 Å². The second kappa shape index (κ2) is 5.44. The quantitative estimate of drug-likeness (QED) is 0.693. The van der Waals surface area contributed by atoms with Crippen LogP contribution in [0.25, 0.3) is 10.4 Å². The lowest BCUT2D eigenvalue weighted by Gasteiger charge is -2.16. The summed E-state index contributed by atoms with van der Waals surface area (Å²) in [7, 11) is 0. The molecule has 0 bridgehead atoms. The van der Waals surface area contributed by atoms with Crippen LogP contribution in [0.1, 0.15) is 15.2 Å². The van der Waals surface area contributed by atoms with Crippen molar-refractivity contribution in [3.63, 3.8) is 0 Å². The van der Waals surface area contributed by atoms with E-state index in [1.54, 1.807) is 24.3 Å². The van der Waals surface area contributed by atoms with Crippen molar-refractivity contribution in [1.29, 1.82) is 0 Å². The van der Waals surface area contributed by atoms with E-state index in [4.69, 9.17) is 4.74 Å². The topological polar surface area (TPSA) is 58.6 Å². The molecule has 1 amide bonds. The predicted octanol–water partition coefficient (Wildman–Crippen LogP) is 4.27. The van der Waals surface area contributed by atoms with Gasteiger partial charge in [-0.05, 0) is 30.3 Å². The molecule has 0 aliphatic carbocycles. The summed E-state index contributed by atoms with van der Waals surface area (Å²) < 4.78 is 5.72. The van der Waals surface area contributed by atoms with Gasteiger partial charge in [-0.25, -0.2) is 0 Å². The Labute approximate surface area is 137 Å². The number of hydrogen-bond donors (Lipinski definition) is 2. The second-order valence-electron chi connectivity index (χ2n) is 5.22. The van der Waals surface area contributed by atoms with Crippen molar-refractivity contribution >= 4 is 22.9 Å². The summed E-state index contributed by atoms with van der Waals surface area (Å²) in [5.41, 5.74) is 2.43. The van der Waals surface area contributed by atoms with Crippen molar-refractivity contribution in [1.82, 2.24) is 0 Å². The molecule has 0 fully saturated rings. The van der Waals surface area contributed by atoms with E-state index in [1.165, 1.54) is 11.3 Å². The number of amides is 1. The zero-order chi connectivity index (χ0) is 15.8. The number of hydrogen-bond acceptors (Lipinski definition) is 4. The lowest BCUT2D eigenvalue weighted by molar-refractivity contribution is 0.103. The number of benzene rings is 2. The number of fused-ring (bicyclic) bond motifs is 3. The lowest BCUT2D eigenvalue weighted by Crippen LogP contribution is -2.10. The molecule has 114 valence electrons. The van der Waals surface area contributed by atoms with Crippen molar-refractivity contribution in [3.8, 4) is 21.9 Å². The molecule has 0 saturated carbocycles. The third-order valence-electron chi connectivity index (χ3n) is 3.70. The number of carbonyl (C=O) groups excluding carboxylic acids is 1. The summed E-state index contributed by atoms with van der Waals surface area (Å²) >= 11 is 1.44. The molecule has 0 atom stereocenters. The molecule has 4 nitrogen and oxygen atoms in total. The highest BCUT2D eigenvalue weighted by Gasteiger charge is 2.22. The number of carbonyl (C=O) groups is 1. The average molecular weight is 323 g/mol. The molecule has 0 saturated heterocycles. The Balaban J connectivity index is 1.66. The van der Waals surface area contributed by atoms with E-state index in [0.717, 1.165) is 21.8 Å². The smallest absolute Gasteiger partial charge is 0.265 e. The molecular weight excluding hydrogens is 310 g/mol. The van der Waals surface area contributed by atoms with Crippen LogP contribution >= 0.6 is 11.3 Å². The number of rotatable bonds is 2. The van der Waals surface area contributed by atoms with Gasteiger partial charge in [0.1, 0.15) is 18.1 Å². The minimum atomic E-state index is -0.233. The van der Waals surface area contributed by atoms with Gasteiger partial charge >= 0.3 is 0 Å². The van der Waals surface area contributed by atoms with Crippen LogP contribution in [0.5, 0.6) is 11.5 Å². The van der Waals surface area contributed by atoms with Gasteiger partial charge in [0, 0.05) is 16.0 Å². The minimum absolute atomic E-state index is 0.0517. The molecule has 1 aliphatic rings. The van der Waals surface area contributed by atoms with Crippen LogP contribution < -0.4 is 10.1 Å². The fourth-order valence-electron chi connectivity index (χ4n) is 2.57. The normalized spacial score (nSPS) is 12.0. The van der Waals surface area contributed by atoms with E-state index in [-0.39, 0.29) is 11.7 Å². The maximum absolute atomic E-state index is 12.4. The zero-order valence-electron chi connectivity index (χ0n) is 12.1. The lowest BCUT2D eigenvalue weighted by atomic mass is 10.1. The van der Waals surface area contributed by atoms with E-state index in [0.29, 0.717) is 17.2 Å². The Hall–Kier alpha value is -2.79. The van der Waals surface area contributed by atoms with Gasteiger partial charge in [-0.3, -0.25) is 4.79 Å².